The fourth-order valence-electron chi connectivity index (χ4n) is 8.40. The molecule has 4 aliphatic rings. The fraction of sp³-hybridized carbons (Fsp3) is 0.655. The van der Waals surface area contributed by atoms with Crippen LogP contribution in [0.5, 0.6) is 0 Å². The van der Waals surface area contributed by atoms with Crippen molar-refractivity contribution in [2.24, 2.45) is 34.5 Å². The van der Waals surface area contributed by atoms with Crippen LogP contribution in [-0.2, 0) is 15.1 Å². The highest BCUT2D eigenvalue weighted by Gasteiger charge is 2.61. The average Bonchev–Trinajstić information content (AvgIpc) is 3.16. The number of nitrogens with one attached hydrogen (secondary N) is 1. The molecule has 7 atom stereocenters. The molecule has 0 spiro atoms. The summed E-state index contributed by atoms with van der Waals surface area (Å²) < 4.78 is 42.8. The number of halogens is 3. The number of carbonyl (C=O) groups excluding carboxylic acids is 2. The summed E-state index contributed by atoms with van der Waals surface area (Å²) in [6.45, 7) is 5.54. The molecule has 0 heterocycles. The molecular weight excluding hydrogens is 451 g/mol. The predicted molar refractivity (Wildman–Crippen MR) is 128 cm³/mol. The van der Waals surface area contributed by atoms with Crippen molar-refractivity contribution < 1.29 is 22.8 Å². The van der Waals surface area contributed by atoms with Crippen LogP contribution in [0.25, 0.3) is 0 Å². The summed E-state index contributed by atoms with van der Waals surface area (Å²) in [6, 6.07) is 7.69. The van der Waals surface area contributed by atoms with Crippen molar-refractivity contribution in [3.05, 3.63) is 47.5 Å². The average molecular weight is 488 g/mol. The van der Waals surface area contributed by atoms with Gasteiger partial charge in [0.25, 0.3) is 0 Å². The molecular formula is C29H36F3NO2. The molecule has 5 rings (SSSR count). The van der Waals surface area contributed by atoms with E-state index in [-0.39, 0.29) is 22.2 Å². The molecule has 1 unspecified atom stereocenters. The van der Waals surface area contributed by atoms with Gasteiger partial charge in [-0.3, -0.25) is 9.59 Å². The monoisotopic (exact) mass is 487 g/mol. The van der Waals surface area contributed by atoms with Crippen LogP contribution in [0.2, 0.25) is 0 Å². The van der Waals surface area contributed by atoms with Gasteiger partial charge in [-0.2, -0.15) is 13.2 Å². The smallest absolute Gasteiger partial charge is 0.338 e. The first-order valence-corrected chi connectivity index (χ1v) is 13.1. The third kappa shape index (κ3) is 3.69. The van der Waals surface area contributed by atoms with Crippen molar-refractivity contribution in [2.45, 2.75) is 83.9 Å². The number of allylic oxidation sites excluding steroid dienone is 1. The minimum absolute atomic E-state index is 0.0423. The Morgan fingerprint density at radius 2 is 1.69 bits per heavy atom. The summed E-state index contributed by atoms with van der Waals surface area (Å²) >= 11 is 0. The molecule has 0 aromatic heterocycles. The van der Waals surface area contributed by atoms with Crippen LogP contribution < -0.4 is 5.32 Å². The number of hydrogen-bond donors (Lipinski definition) is 1. The largest absolute Gasteiger partial charge is 0.415 e. The predicted octanol–water partition coefficient (Wildman–Crippen LogP) is 6.73. The van der Waals surface area contributed by atoms with Crippen molar-refractivity contribution in [1.29, 1.82) is 0 Å². The molecule has 35 heavy (non-hydrogen) atoms. The highest BCUT2D eigenvalue weighted by molar-refractivity contribution is 5.91. The lowest BCUT2D eigenvalue weighted by atomic mass is 9.47. The second-order valence-electron chi connectivity index (χ2n) is 12.1. The number of alkyl halides is 3. The summed E-state index contributed by atoms with van der Waals surface area (Å²) in [5.41, 5.74) is -1.33. The summed E-state index contributed by atoms with van der Waals surface area (Å²) in [7, 11) is 0. The van der Waals surface area contributed by atoms with Gasteiger partial charge in [0.15, 0.2) is 11.3 Å². The van der Waals surface area contributed by atoms with Gasteiger partial charge in [0, 0.05) is 12.3 Å². The van der Waals surface area contributed by atoms with E-state index in [2.05, 4.69) is 19.2 Å². The van der Waals surface area contributed by atoms with E-state index in [1.165, 1.54) is 17.7 Å². The number of hydrogen-bond acceptors (Lipinski definition) is 2. The zero-order valence-electron chi connectivity index (χ0n) is 20.9. The Balaban J connectivity index is 1.39. The molecule has 4 aliphatic carbocycles. The van der Waals surface area contributed by atoms with Crippen LogP contribution in [0, 0.1) is 34.5 Å². The molecule has 1 aromatic carbocycles. The third-order valence-corrected chi connectivity index (χ3v) is 10.6. The summed E-state index contributed by atoms with van der Waals surface area (Å²) in [4.78, 5) is 25.6. The van der Waals surface area contributed by atoms with Gasteiger partial charge in [0.2, 0.25) is 5.91 Å². The van der Waals surface area contributed by atoms with E-state index < -0.39 is 23.5 Å². The van der Waals surface area contributed by atoms with Gasteiger partial charge in [-0.15, -0.1) is 0 Å². The minimum atomic E-state index is -4.61. The number of carbonyl (C=O) groups is 2. The zero-order chi connectivity index (χ0) is 25.2. The molecule has 3 saturated carbocycles. The molecule has 1 aromatic rings. The zero-order valence-corrected chi connectivity index (χ0v) is 20.9. The number of rotatable bonds is 3. The quantitative estimate of drug-likeness (QED) is 0.514. The van der Waals surface area contributed by atoms with E-state index in [0.717, 1.165) is 45.4 Å². The molecule has 3 fully saturated rings. The number of benzene rings is 1. The molecule has 3 nitrogen and oxygen atoms in total. The lowest BCUT2D eigenvalue weighted by Gasteiger charge is -2.58. The Morgan fingerprint density at radius 3 is 2.37 bits per heavy atom. The van der Waals surface area contributed by atoms with Gasteiger partial charge in [0.1, 0.15) is 0 Å². The second kappa shape index (κ2) is 8.21. The normalized spacial score (nSPS) is 38.5. The van der Waals surface area contributed by atoms with Gasteiger partial charge in [-0.1, -0.05) is 49.8 Å². The van der Waals surface area contributed by atoms with Crippen LogP contribution in [0.1, 0.15) is 77.7 Å². The Labute approximate surface area is 205 Å². The molecule has 0 bridgehead atoms. The topological polar surface area (TPSA) is 46.2 Å². The first-order chi connectivity index (χ1) is 16.4. The lowest BCUT2D eigenvalue weighted by Crippen LogP contribution is -2.57. The Morgan fingerprint density at radius 1 is 0.971 bits per heavy atom. The Kier molecular flexibility index (Phi) is 5.76. The van der Waals surface area contributed by atoms with Crippen LogP contribution in [0.4, 0.5) is 13.2 Å². The molecule has 190 valence electrons. The van der Waals surface area contributed by atoms with Gasteiger partial charge in [-0.25, -0.2) is 0 Å². The lowest BCUT2D eigenvalue weighted by molar-refractivity contribution is -0.199. The van der Waals surface area contributed by atoms with E-state index in [1.807, 2.05) is 6.08 Å². The van der Waals surface area contributed by atoms with Gasteiger partial charge >= 0.3 is 6.18 Å². The Bertz CT molecular complexity index is 1050. The minimum Gasteiger partial charge on any atom is -0.338 e. The maximum absolute atomic E-state index is 14.3. The van der Waals surface area contributed by atoms with E-state index in [0.29, 0.717) is 30.6 Å². The highest BCUT2D eigenvalue weighted by atomic mass is 19.4. The molecule has 0 saturated heterocycles. The summed E-state index contributed by atoms with van der Waals surface area (Å²) in [5, 5.41) is 2.47. The van der Waals surface area contributed by atoms with E-state index in [4.69, 9.17) is 0 Å². The van der Waals surface area contributed by atoms with E-state index >= 15 is 0 Å². The summed E-state index contributed by atoms with van der Waals surface area (Å²) in [6.07, 6.45) is 4.05. The van der Waals surface area contributed by atoms with Crippen molar-refractivity contribution in [2.75, 3.05) is 0 Å². The number of amides is 1. The maximum atomic E-state index is 14.3. The SMILES string of the molecule is CC(NC(=O)[C@H]1CC[C@H]2[C@@H]3CCC4=CC(=O)CC[C@]4(C)[C@H]3CC[C@]12C)(c1ccccc1)C(F)(F)F. The second-order valence-corrected chi connectivity index (χ2v) is 12.1. The third-order valence-electron chi connectivity index (χ3n) is 10.6. The van der Waals surface area contributed by atoms with Crippen molar-refractivity contribution in [1.82, 2.24) is 5.32 Å². The summed E-state index contributed by atoms with van der Waals surface area (Å²) in [5.74, 6) is 0.631. The van der Waals surface area contributed by atoms with Crippen molar-refractivity contribution >= 4 is 11.7 Å². The molecule has 6 heteroatoms. The van der Waals surface area contributed by atoms with Crippen LogP contribution in [0.3, 0.4) is 0 Å². The van der Waals surface area contributed by atoms with Gasteiger partial charge < -0.3 is 5.32 Å². The molecule has 0 aliphatic heterocycles. The van der Waals surface area contributed by atoms with Crippen molar-refractivity contribution in [3.8, 4) is 0 Å². The highest BCUT2D eigenvalue weighted by Crippen LogP contribution is 2.66. The van der Waals surface area contributed by atoms with Gasteiger partial charge in [0.05, 0.1) is 0 Å². The number of ketones is 1. The van der Waals surface area contributed by atoms with E-state index in [9.17, 15) is 22.8 Å². The molecule has 0 radical (unpaired) electrons. The standard InChI is InChI=1S/C29H36F3NO2/c1-26-15-13-20(34)17-19(26)9-10-21-22-11-12-24(27(22,2)16-14-23(21)26)25(35)33-28(3,29(30,31)32)18-7-5-4-6-8-18/h4-8,17,21-24H,9-16H2,1-3H3,(H,33,35)/t21-,22-,23-,24+,26-,27-,28?/m0/s1. The number of fused-ring (bicyclic) bond motifs is 5. The van der Waals surface area contributed by atoms with Crippen molar-refractivity contribution in [3.63, 3.8) is 0 Å². The molecule has 1 amide bonds. The first-order valence-electron chi connectivity index (χ1n) is 13.1. The fourth-order valence-corrected chi connectivity index (χ4v) is 8.40. The van der Waals surface area contributed by atoms with Gasteiger partial charge in [-0.05, 0) is 92.1 Å². The molecule has 1 N–H and O–H groups in total. The maximum Gasteiger partial charge on any atom is 0.415 e. The Hall–Kier alpha value is -2.11. The van der Waals surface area contributed by atoms with E-state index in [1.54, 1.807) is 18.2 Å². The van der Waals surface area contributed by atoms with Crippen LogP contribution in [-0.4, -0.2) is 17.9 Å². The first kappa shape index (κ1) is 24.6. The van der Waals surface area contributed by atoms with Crippen LogP contribution in [0.15, 0.2) is 42.0 Å². The van der Waals surface area contributed by atoms with Crippen LogP contribution >= 0.6 is 0 Å².